The van der Waals surface area contributed by atoms with Gasteiger partial charge in [0.1, 0.15) is 9.84 Å². The predicted molar refractivity (Wildman–Crippen MR) is 85.7 cm³/mol. The Hall–Kier alpha value is -1.40. The molecule has 0 unspecified atom stereocenters. The molecule has 0 atom stereocenters. The molecule has 1 amide bonds. The van der Waals surface area contributed by atoms with Crippen LogP contribution in [0.5, 0.6) is 0 Å². The van der Waals surface area contributed by atoms with Crippen LogP contribution >= 0.6 is 11.3 Å². The Morgan fingerprint density at radius 3 is 2.57 bits per heavy atom. The summed E-state index contributed by atoms with van der Waals surface area (Å²) in [7, 11) is -2.89. The maximum atomic E-state index is 12.4. The van der Waals surface area contributed by atoms with Crippen LogP contribution in [0.4, 0.5) is 0 Å². The molecule has 0 spiro atoms. The lowest BCUT2D eigenvalue weighted by atomic mass is 10.1. The molecular formula is C15H17NO3S2. The molecule has 2 aromatic rings. The molecule has 6 heteroatoms. The Balaban J connectivity index is 1.77. The van der Waals surface area contributed by atoms with Crippen molar-refractivity contribution in [2.45, 2.75) is 25.8 Å². The smallest absolute Gasteiger partial charge is 0.261 e. The van der Waals surface area contributed by atoms with Crippen LogP contribution in [0.1, 0.15) is 28.1 Å². The van der Waals surface area contributed by atoms with Crippen LogP contribution in [0.25, 0.3) is 10.1 Å². The summed E-state index contributed by atoms with van der Waals surface area (Å²) >= 11 is 1.49. The summed E-state index contributed by atoms with van der Waals surface area (Å²) in [6, 6.07) is 7.93. The highest BCUT2D eigenvalue weighted by molar-refractivity contribution is 7.91. The molecule has 1 N–H and O–H groups in total. The van der Waals surface area contributed by atoms with Gasteiger partial charge in [-0.3, -0.25) is 4.79 Å². The molecule has 112 valence electrons. The van der Waals surface area contributed by atoms with E-state index in [0.717, 1.165) is 20.5 Å². The molecule has 1 aliphatic heterocycles. The van der Waals surface area contributed by atoms with Crippen molar-refractivity contribution in [2.75, 3.05) is 11.5 Å². The van der Waals surface area contributed by atoms with Gasteiger partial charge in [0.15, 0.2) is 0 Å². The van der Waals surface area contributed by atoms with E-state index in [1.807, 2.05) is 31.2 Å². The zero-order chi connectivity index (χ0) is 15.0. The molecule has 0 radical (unpaired) electrons. The van der Waals surface area contributed by atoms with Crippen molar-refractivity contribution >= 4 is 37.2 Å². The number of thiophene rings is 1. The fourth-order valence-corrected chi connectivity index (χ4v) is 5.28. The molecule has 1 fully saturated rings. The zero-order valence-electron chi connectivity index (χ0n) is 11.8. The molecule has 1 saturated heterocycles. The van der Waals surface area contributed by atoms with Gasteiger partial charge in [0, 0.05) is 10.7 Å². The summed E-state index contributed by atoms with van der Waals surface area (Å²) in [4.78, 5) is 13.1. The van der Waals surface area contributed by atoms with Crippen LogP contribution in [-0.4, -0.2) is 31.9 Å². The molecule has 1 aromatic heterocycles. The van der Waals surface area contributed by atoms with E-state index in [1.165, 1.54) is 11.3 Å². The van der Waals surface area contributed by atoms with Gasteiger partial charge in [-0.1, -0.05) is 18.2 Å². The third-order valence-electron chi connectivity index (χ3n) is 3.94. The number of nitrogens with one attached hydrogen (secondary N) is 1. The second kappa shape index (κ2) is 5.42. The van der Waals surface area contributed by atoms with E-state index in [-0.39, 0.29) is 23.5 Å². The molecule has 1 aromatic carbocycles. The number of sulfone groups is 1. The van der Waals surface area contributed by atoms with Crippen LogP contribution in [0.3, 0.4) is 0 Å². The Kier molecular flexibility index (Phi) is 3.75. The van der Waals surface area contributed by atoms with Gasteiger partial charge in [-0.05, 0) is 36.8 Å². The van der Waals surface area contributed by atoms with Gasteiger partial charge in [0.2, 0.25) is 0 Å². The number of aryl methyl sites for hydroxylation is 1. The van der Waals surface area contributed by atoms with Crippen molar-refractivity contribution in [1.82, 2.24) is 5.32 Å². The van der Waals surface area contributed by atoms with Gasteiger partial charge < -0.3 is 5.32 Å². The standard InChI is InChI=1S/C15H17NO3S2/c1-10-12-4-2-3-5-13(12)20-14(10)15(17)16-11-6-8-21(18,19)9-7-11/h2-5,11H,6-9H2,1H3,(H,16,17). The maximum absolute atomic E-state index is 12.4. The Labute approximate surface area is 128 Å². The van der Waals surface area contributed by atoms with Gasteiger partial charge in [-0.2, -0.15) is 0 Å². The lowest BCUT2D eigenvalue weighted by Crippen LogP contribution is -2.40. The van der Waals surface area contributed by atoms with E-state index in [4.69, 9.17) is 0 Å². The summed E-state index contributed by atoms with van der Waals surface area (Å²) in [5, 5.41) is 4.09. The lowest BCUT2D eigenvalue weighted by Gasteiger charge is -2.22. The van der Waals surface area contributed by atoms with Crippen molar-refractivity contribution in [3.8, 4) is 0 Å². The van der Waals surface area contributed by atoms with Crippen LogP contribution in [0.15, 0.2) is 24.3 Å². The third kappa shape index (κ3) is 2.96. The Morgan fingerprint density at radius 1 is 1.24 bits per heavy atom. The molecule has 3 rings (SSSR count). The highest BCUT2D eigenvalue weighted by atomic mass is 32.2. The normalized spacial score (nSPS) is 18.7. The quantitative estimate of drug-likeness (QED) is 0.923. The monoisotopic (exact) mass is 323 g/mol. The molecule has 0 bridgehead atoms. The van der Waals surface area contributed by atoms with Gasteiger partial charge in [0.25, 0.3) is 5.91 Å². The minimum Gasteiger partial charge on any atom is -0.349 e. The van der Waals surface area contributed by atoms with Crippen molar-refractivity contribution in [3.63, 3.8) is 0 Å². The zero-order valence-corrected chi connectivity index (χ0v) is 13.4. The minimum atomic E-state index is -2.89. The number of carbonyl (C=O) groups excluding carboxylic acids is 1. The van der Waals surface area contributed by atoms with E-state index >= 15 is 0 Å². The van der Waals surface area contributed by atoms with Crippen LogP contribution in [0, 0.1) is 6.92 Å². The summed E-state index contributed by atoms with van der Waals surface area (Å²) in [5.74, 6) is 0.255. The molecular weight excluding hydrogens is 306 g/mol. The number of amides is 1. The number of carbonyl (C=O) groups is 1. The van der Waals surface area contributed by atoms with Crippen LogP contribution in [-0.2, 0) is 9.84 Å². The van der Waals surface area contributed by atoms with Gasteiger partial charge in [-0.15, -0.1) is 11.3 Å². The summed E-state index contributed by atoms with van der Waals surface area (Å²) in [6.45, 7) is 1.96. The minimum absolute atomic E-state index is 0.0364. The molecule has 21 heavy (non-hydrogen) atoms. The fourth-order valence-electron chi connectivity index (χ4n) is 2.68. The van der Waals surface area contributed by atoms with E-state index in [1.54, 1.807) is 0 Å². The first kappa shape index (κ1) is 14.5. The van der Waals surface area contributed by atoms with Gasteiger partial charge in [0.05, 0.1) is 16.4 Å². The topological polar surface area (TPSA) is 63.2 Å². The second-order valence-corrected chi connectivity index (χ2v) is 8.81. The lowest BCUT2D eigenvalue weighted by molar-refractivity contribution is 0.0938. The van der Waals surface area contributed by atoms with Crippen molar-refractivity contribution < 1.29 is 13.2 Å². The van der Waals surface area contributed by atoms with Gasteiger partial charge in [-0.25, -0.2) is 8.42 Å². The highest BCUT2D eigenvalue weighted by Gasteiger charge is 2.26. The first-order chi connectivity index (χ1) is 9.96. The van der Waals surface area contributed by atoms with E-state index in [2.05, 4.69) is 5.32 Å². The van der Waals surface area contributed by atoms with E-state index in [0.29, 0.717) is 12.8 Å². The molecule has 1 aliphatic rings. The van der Waals surface area contributed by atoms with Crippen molar-refractivity contribution in [1.29, 1.82) is 0 Å². The first-order valence-corrected chi connectivity index (χ1v) is 9.59. The highest BCUT2D eigenvalue weighted by Crippen LogP contribution is 2.30. The number of hydrogen-bond donors (Lipinski definition) is 1. The Bertz CT molecular complexity index is 778. The fraction of sp³-hybridized carbons (Fsp3) is 0.400. The van der Waals surface area contributed by atoms with Crippen LogP contribution < -0.4 is 5.32 Å². The first-order valence-electron chi connectivity index (χ1n) is 6.96. The van der Waals surface area contributed by atoms with Crippen LogP contribution in [0.2, 0.25) is 0 Å². The Morgan fingerprint density at radius 2 is 1.90 bits per heavy atom. The average molecular weight is 323 g/mol. The SMILES string of the molecule is Cc1c(C(=O)NC2CCS(=O)(=O)CC2)sc2ccccc12. The molecule has 4 nitrogen and oxygen atoms in total. The third-order valence-corrected chi connectivity index (χ3v) is 6.93. The predicted octanol–water partition coefficient (Wildman–Crippen LogP) is 2.52. The van der Waals surface area contributed by atoms with E-state index < -0.39 is 9.84 Å². The number of fused-ring (bicyclic) bond motifs is 1. The molecule has 0 saturated carbocycles. The molecule has 2 heterocycles. The number of hydrogen-bond acceptors (Lipinski definition) is 4. The van der Waals surface area contributed by atoms with Crippen molar-refractivity contribution in [3.05, 3.63) is 34.7 Å². The number of rotatable bonds is 2. The summed E-state index contributed by atoms with van der Waals surface area (Å²) in [6.07, 6.45) is 1.02. The second-order valence-electron chi connectivity index (χ2n) is 5.45. The average Bonchev–Trinajstić information content (AvgIpc) is 2.79. The van der Waals surface area contributed by atoms with E-state index in [9.17, 15) is 13.2 Å². The summed E-state index contributed by atoms with van der Waals surface area (Å²) < 4.78 is 23.9. The summed E-state index contributed by atoms with van der Waals surface area (Å²) in [5.41, 5.74) is 0.997. The molecule has 0 aliphatic carbocycles. The number of benzene rings is 1. The van der Waals surface area contributed by atoms with Gasteiger partial charge >= 0.3 is 0 Å². The largest absolute Gasteiger partial charge is 0.349 e. The maximum Gasteiger partial charge on any atom is 0.261 e. The van der Waals surface area contributed by atoms with Crippen molar-refractivity contribution in [2.24, 2.45) is 0 Å².